The highest BCUT2D eigenvalue weighted by atomic mass is 16.5. The average Bonchev–Trinajstić information content (AvgIpc) is 3.16. The third-order valence-corrected chi connectivity index (χ3v) is 6.11. The van der Waals surface area contributed by atoms with Crippen molar-refractivity contribution in [2.75, 3.05) is 28.4 Å². The number of amides is 2. The van der Waals surface area contributed by atoms with Crippen LogP contribution < -0.4 is 14.2 Å². The largest absolute Gasteiger partial charge is 0.497 e. The number of imide groups is 1. The molecular weight excluding hydrogens is 450 g/mol. The summed E-state index contributed by atoms with van der Waals surface area (Å²) in [6.07, 6.45) is 0. The Morgan fingerprint density at radius 3 is 1.83 bits per heavy atom. The van der Waals surface area contributed by atoms with Gasteiger partial charge < -0.3 is 18.9 Å². The van der Waals surface area contributed by atoms with Crippen LogP contribution in [0.1, 0.15) is 37.8 Å². The Morgan fingerprint density at radius 2 is 1.31 bits per heavy atom. The van der Waals surface area contributed by atoms with Crippen LogP contribution in [-0.4, -0.2) is 57.2 Å². The predicted molar refractivity (Wildman–Crippen MR) is 127 cm³/mol. The van der Waals surface area contributed by atoms with Crippen LogP contribution >= 0.6 is 0 Å². The van der Waals surface area contributed by atoms with Crippen molar-refractivity contribution in [3.05, 3.63) is 89.0 Å². The van der Waals surface area contributed by atoms with E-state index in [1.165, 1.54) is 21.3 Å². The highest BCUT2D eigenvalue weighted by Crippen LogP contribution is 2.41. The van der Waals surface area contributed by atoms with E-state index in [9.17, 15) is 14.4 Å². The number of rotatable bonds is 8. The quantitative estimate of drug-likeness (QED) is 0.363. The number of ether oxygens (including phenoxy) is 4. The number of fused-ring (bicyclic) bond motifs is 1. The lowest BCUT2D eigenvalue weighted by atomic mass is 9.83. The summed E-state index contributed by atoms with van der Waals surface area (Å²) in [5.41, 5.74) is 1.70. The van der Waals surface area contributed by atoms with Crippen LogP contribution in [-0.2, 0) is 9.53 Å². The van der Waals surface area contributed by atoms with Gasteiger partial charge in [-0.15, -0.1) is 0 Å². The van der Waals surface area contributed by atoms with E-state index in [4.69, 9.17) is 18.9 Å². The van der Waals surface area contributed by atoms with Gasteiger partial charge in [0.15, 0.2) is 0 Å². The van der Waals surface area contributed by atoms with Crippen LogP contribution in [0.3, 0.4) is 0 Å². The second-order valence-corrected chi connectivity index (χ2v) is 7.85. The molecule has 3 aromatic rings. The standard InChI is InChI=1S/C27H25NO7/c1-32-17-11-9-16(10-12-17)23(21-14-13-18(33-2)15-22(21)34-3)24(27(31)35-4)28-25(29)19-7-5-6-8-20(19)26(28)30/h5-15,23-24H,1-4H3/t23-,24+/m1/s1. The lowest BCUT2D eigenvalue weighted by Gasteiger charge is -2.32. The molecule has 3 aromatic carbocycles. The fourth-order valence-corrected chi connectivity index (χ4v) is 4.39. The van der Waals surface area contributed by atoms with Crippen LogP contribution in [0.15, 0.2) is 66.7 Å². The van der Waals surface area contributed by atoms with E-state index in [1.54, 1.807) is 73.8 Å². The number of benzene rings is 3. The summed E-state index contributed by atoms with van der Waals surface area (Å²) in [5.74, 6) is -1.08. The molecule has 0 N–H and O–H groups in total. The molecule has 0 aromatic heterocycles. The Hall–Kier alpha value is -4.33. The van der Waals surface area contributed by atoms with Gasteiger partial charge in [0.2, 0.25) is 0 Å². The van der Waals surface area contributed by atoms with E-state index in [0.29, 0.717) is 28.4 Å². The van der Waals surface area contributed by atoms with Crippen LogP contribution in [0, 0.1) is 0 Å². The average molecular weight is 475 g/mol. The van der Waals surface area contributed by atoms with Crippen LogP contribution in [0.25, 0.3) is 0 Å². The van der Waals surface area contributed by atoms with E-state index in [-0.39, 0.29) is 11.1 Å². The molecule has 0 fully saturated rings. The van der Waals surface area contributed by atoms with E-state index in [2.05, 4.69) is 0 Å². The van der Waals surface area contributed by atoms with E-state index in [0.717, 1.165) is 4.90 Å². The van der Waals surface area contributed by atoms with Crippen molar-refractivity contribution >= 4 is 17.8 Å². The molecule has 0 bridgehead atoms. The van der Waals surface area contributed by atoms with E-state index >= 15 is 0 Å². The number of esters is 1. The van der Waals surface area contributed by atoms with Crippen LogP contribution in [0.2, 0.25) is 0 Å². The molecule has 8 nitrogen and oxygen atoms in total. The second-order valence-electron chi connectivity index (χ2n) is 7.85. The summed E-state index contributed by atoms with van der Waals surface area (Å²) in [7, 11) is 5.81. The van der Waals surface area contributed by atoms with E-state index < -0.39 is 29.7 Å². The maximum Gasteiger partial charge on any atom is 0.330 e. The summed E-state index contributed by atoms with van der Waals surface area (Å²) >= 11 is 0. The highest BCUT2D eigenvalue weighted by Gasteiger charge is 2.48. The first kappa shape index (κ1) is 23.8. The van der Waals surface area contributed by atoms with Crippen molar-refractivity contribution in [1.82, 2.24) is 4.90 Å². The van der Waals surface area contributed by atoms with Gasteiger partial charge in [-0.1, -0.05) is 30.3 Å². The maximum absolute atomic E-state index is 13.4. The van der Waals surface area contributed by atoms with Crippen molar-refractivity contribution in [3.8, 4) is 17.2 Å². The number of hydrogen-bond acceptors (Lipinski definition) is 7. The summed E-state index contributed by atoms with van der Waals surface area (Å²) in [6, 6.07) is 17.4. The van der Waals surface area contributed by atoms with Gasteiger partial charge in [-0.25, -0.2) is 4.79 Å². The van der Waals surface area contributed by atoms with Gasteiger partial charge in [-0.05, 0) is 35.9 Å². The minimum absolute atomic E-state index is 0.238. The first-order valence-corrected chi connectivity index (χ1v) is 10.9. The first-order valence-electron chi connectivity index (χ1n) is 10.9. The zero-order chi connectivity index (χ0) is 25.1. The molecule has 0 aliphatic carbocycles. The number of carbonyl (C=O) groups is 3. The Kier molecular flexibility index (Phi) is 6.73. The minimum Gasteiger partial charge on any atom is -0.497 e. The normalized spacial score (nSPS) is 14.2. The molecule has 1 aliphatic rings. The number of nitrogens with zero attached hydrogens (tertiary/aromatic N) is 1. The molecule has 4 rings (SSSR count). The minimum atomic E-state index is -1.30. The van der Waals surface area contributed by atoms with Crippen molar-refractivity contribution in [2.45, 2.75) is 12.0 Å². The second kappa shape index (κ2) is 9.89. The Morgan fingerprint density at radius 1 is 0.743 bits per heavy atom. The molecule has 35 heavy (non-hydrogen) atoms. The SMILES string of the molecule is COC(=O)[C@H]([C@H](c1ccc(OC)cc1)c1ccc(OC)cc1OC)N1C(=O)c2ccccc2C1=O. The van der Waals surface area contributed by atoms with Gasteiger partial charge in [0, 0.05) is 17.5 Å². The van der Waals surface area contributed by atoms with Crippen LogP contribution in [0.4, 0.5) is 0 Å². The first-order chi connectivity index (χ1) is 16.9. The topological polar surface area (TPSA) is 91.4 Å². The van der Waals surface area contributed by atoms with Crippen molar-refractivity contribution in [3.63, 3.8) is 0 Å². The molecular formula is C27H25NO7. The van der Waals surface area contributed by atoms with Gasteiger partial charge in [0.1, 0.15) is 23.3 Å². The van der Waals surface area contributed by atoms with Crippen molar-refractivity contribution in [1.29, 1.82) is 0 Å². The molecule has 0 radical (unpaired) electrons. The van der Waals surface area contributed by atoms with Gasteiger partial charge in [0.05, 0.1) is 39.6 Å². The van der Waals surface area contributed by atoms with Crippen molar-refractivity contribution in [2.24, 2.45) is 0 Å². The fraction of sp³-hybridized carbons (Fsp3) is 0.222. The summed E-state index contributed by atoms with van der Waals surface area (Å²) < 4.78 is 21.4. The molecule has 1 aliphatic heterocycles. The number of methoxy groups -OCH3 is 4. The molecule has 1 heterocycles. The summed E-state index contributed by atoms with van der Waals surface area (Å²) in [4.78, 5) is 41.1. The third kappa shape index (κ3) is 4.19. The summed E-state index contributed by atoms with van der Waals surface area (Å²) in [6.45, 7) is 0. The molecule has 0 spiro atoms. The Labute approximate surface area is 203 Å². The predicted octanol–water partition coefficient (Wildman–Crippen LogP) is 3.68. The van der Waals surface area contributed by atoms with Gasteiger partial charge >= 0.3 is 5.97 Å². The Bertz CT molecular complexity index is 1230. The fourth-order valence-electron chi connectivity index (χ4n) is 4.39. The smallest absolute Gasteiger partial charge is 0.330 e. The highest BCUT2D eigenvalue weighted by molar-refractivity contribution is 6.22. The lowest BCUT2D eigenvalue weighted by molar-refractivity contribution is -0.145. The molecule has 2 amide bonds. The zero-order valence-corrected chi connectivity index (χ0v) is 19.8. The molecule has 0 saturated carbocycles. The molecule has 2 atom stereocenters. The zero-order valence-electron chi connectivity index (χ0n) is 19.8. The third-order valence-electron chi connectivity index (χ3n) is 6.11. The lowest BCUT2D eigenvalue weighted by Crippen LogP contribution is -2.49. The molecule has 180 valence electrons. The molecule has 8 heteroatoms. The van der Waals surface area contributed by atoms with Crippen LogP contribution in [0.5, 0.6) is 17.2 Å². The monoisotopic (exact) mass is 475 g/mol. The Balaban J connectivity index is 1.94. The number of carbonyl (C=O) groups excluding carboxylic acids is 3. The van der Waals surface area contributed by atoms with Gasteiger partial charge in [0.25, 0.3) is 11.8 Å². The maximum atomic E-state index is 13.4. The molecule has 0 unspecified atom stereocenters. The number of hydrogen-bond donors (Lipinski definition) is 0. The van der Waals surface area contributed by atoms with Gasteiger partial charge in [-0.3, -0.25) is 14.5 Å². The molecule has 0 saturated heterocycles. The van der Waals surface area contributed by atoms with Gasteiger partial charge in [-0.2, -0.15) is 0 Å². The van der Waals surface area contributed by atoms with E-state index in [1.807, 2.05) is 0 Å². The van der Waals surface area contributed by atoms with Crippen molar-refractivity contribution < 1.29 is 33.3 Å². The summed E-state index contributed by atoms with van der Waals surface area (Å²) in [5, 5.41) is 0.